The summed E-state index contributed by atoms with van der Waals surface area (Å²) >= 11 is 0. The number of aromatic nitrogens is 4. The van der Waals surface area contributed by atoms with Gasteiger partial charge in [0.2, 0.25) is 0 Å². The molecular weight excluding hydrogens is 512 g/mol. The molecule has 0 radical (unpaired) electrons. The smallest absolute Gasteiger partial charge is 0.0725 e. The molecule has 8 aromatic rings. The maximum Gasteiger partial charge on any atom is 0.0725 e. The van der Waals surface area contributed by atoms with Gasteiger partial charge in [-0.2, -0.15) is 0 Å². The van der Waals surface area contributed by atoms with Gasteiger partial charge in [0.1, 0.15) is 0 Å². The zero-order chi connectivity index (χ0) is 27.9. The van der Waals surface area contributed by atoms with Crippen LogP contribution in [-0.4, -0.2) is 19.9 Å². The van der Waals surface area contributed by atoms with Crippen LogP contribution >= 0.6 is 0 Å². The Kier molecular flexibility index (Phi) is 5.75. The molecule has 4 heterocycles. The number of hydrogen-bond acceptors (Lipinski definition) is 4. The van der Waals surface area contributed by atoms with E-state index in [-0.39, 0.29) is 0 Å². The van der Waals surface area contributed by atoms with Crippen LogP contribution < -0.4 is 0 Å². The van der Waals surface area contributed by atoms with Gasteiger partial charge < -0.3 is 0 Å². The third-order valence-corrected chi connectivity index (χ3v) is 7.89. The fourth-order valence-corrected chi connectivity index (χ4v) is 5.85. The van der Waals surface area contributed by atoms with E-state index < -0.39 is 0 Å². The third kappa shape index (κ3) is 4.18. The lowest BCUT2D eigenvalue weighted by Crippen LogP contribution is -1.90. The molecule has 0 atom stereocenters. The van der Waals surface area contributed by atoms with Gasteiger partial charge in [0.05, 0.1) is 17.1 Å². The van der Waals surface area contributed by atoms with Crippen molar-refractivity contribution in [2.24, 2.45) is 0 Å². The van der Waals surface area contributed by atoms with E-state index in [2.05, 4.69) is 99.9 Å². The Morgan fingerprint density at radius 2 is 0.905 bits per heavy atom. The Bertz CT molecular complexity index is 2060. The topological polar surface area (TPSA) is 51.6 Å². The Morgan fingerprint density at radius 3 is 1.57 bits per heavy atom. The van der Waals surface area contributed by atoms with Gasteiger partial charge in [0.15, 0.2) is 0 Å². The second kappa shape index (κ2) is 10.0. The fraction of sp³-hybridized carbons (Fsp3) is 0. The van der Waals surface area contributed by atoms with Gasteiger partial charge in [-0.05, 0) is 104 Å². The normalized spacial score (nSPS) is 11.3. The highest BCUT2D eigenvalue weighted by Crippen LogP contribution is 2.39. The summed E-state index contributed by atoms with van der Waals surface area (Å²) in [5.41, 5.74) is 8.17. The van der Waals surface area contributed by atoms with Crippen molar-refractivity contribution in [2.45, 2.75) is 0 Å². The van der Waals surface area contributed by atoms with Crippen LogP contribution in [-0.2, 0) is 0 Å². The summed E-state index contributed by atoms with van der Waals surface area (Å²) in [6.45, 7) is 0. The molecule has 0 fully saturated rings. The van der Waals surface area contributed by atoms with Crippen LogP contribution in [0.3, 0.4) is 0 Å². The lowest BCUT2D eigenvalue weighted by molar-refractivity contribution is 1.28. The van der Waals surface area contributed by atoms with Crippen molar-refractivity contribution in [3.05, 3.63) is 146 Å². The van der Waals surface area contributed by atoms with Gasteiger partial charge >= 0.3 is 0 Å². The molecule has 0 amide bonds. The standard InChI is InChI=1S/C38H24N4/c1-2-9-31-30(8-1)34-20-25(26-16-19-41-38(22-26)29-7-5-18-40-24-29)12-14-32(34)33-15-13-27(21-35(31)33)36-10-3-11-37(42-36)28-6-4-17-39-23-28/h1-24H. The van der Waals surface area contributed by atoms with Crippen molar-refractivity contribution in [3.63, 3.8) is 0 Å². The Hall–Kier alpha value is -5.74. The molecule has 4 heteroatoms. The quantitative estimate of drug-likeness (QED) is 0.210. The summed E-state index contributed by atoms with van der Waals surface area (Å²) in [4.78, 5) is 18.1. The molecule has 4 nitrogen and oxygen atoms in total. The first-order valence-electron chi connectivity index (χ1n) is 13.9. The van der Waals surface area contributed by atoms with Gasteiger partial charge in [-0.1, -0.05) is 54.6 Å². The predicted molar refractivity (Wildman–Crippen MR) is 172 cm³/mol. The van der Waals surface area contributed by atoms with E-state index in [0.717, 1.165) is 44.9 Å². The van der Waals surface area contributed by atoms with Gasteiger partial charge in [-0.15, -0.1) is 0 Å². The summed E-state index contributed by atoms with van der Waals surface area (Å²) in [5.74, 6) is 0. The van der Waals surface area contributed by atoms with Crippen molar-refractivity contribution < 1.29 is 0 Å². The number of benzene rings is 4. The van der Waals surface area contributed by atoms with E-state index >= 15 is 0 Å². The summed E-state index contributed by atoms with van der Waals surface area (Å²) in [7, 11) is 0. The van der Waals surface area contributed by atoms with Crippen molar-refractivity contribution >= 4 is 32.3 Å². The molecule has 0 spiro atoms. The van der Waals surface area contributed by atoms with Crippen LogP contribution in [0.4, 0.5) is 0 Å². The fourth-order valence-electron chi connectivity index (χ4n) is 5.85. The van der Waals surface area contributed by atoms with Gasteiger partial charge in [0, 0.05) is 47.7 Å². The molecule has 42 heavy (non-hydrogen) atoms. The summed E-state index contributed by atoms with van der Waals surface area (Å²) in [6, 6.07) is 40.5. The number of hydrogen-bond donors (Lipinski definition) is 0. The first-order chi connectivity index (χ1) is 20.8. The highest BCUT2D eigenvalue weighted by Gasteiger charge is 2.13. The molecule has 0 aliphatic rings. The van der Waals surface area contributed by atoms with Crippen LogP contribution in [0.25, 0.3) is 77.2 Å². The zero-order valence-electron chi connectivity index (χ0n) is 22.6. The summed E-state index contributed by atoms with van der Waals surface area (Å²) < 4.78 is 0. The number of rotatable bonds is 4. The Balaban J connectivity index is 1.28. The van der Waals surface area contributed by atoms with E-state index in [1.165, 1.54) is 32.3 Å². The van der Waals surface area contributed by atoms with E-state index in [1.54, 1.807) is 12.4 Å². The van der Waals surface area contributed by atoms with Crippen LogP contribution in [0.2, 0.25) is 0 Å². The monoisotopic (exact) mass is 536 g/mol. The first-order valence-corrected chi connectivity index (χ1v) is 13.9. The van der Waals surface area contributed by atoms with E-state index in [4.69, 9.17) is 4.98 Å². The second-order valence-electron chi connectivity index (χ2n) is 10.4. The zero-order valence-corrected chi connectivity index (χ0v) is 22.6. The van der Waals surface area contributed by atoms with Crippen LogP contribution in [0.15, 0.2) is 146 Å². The van der Waals surface area contributed by atoms with Crippen molar-refractivity contribution in [1.29, 1.82) is 0 Å². The largest absolute Gasteiger partial charge is 0.264 e. The minimum Gasteiger partial charge on any atom is -0.264 e. The van der Waals surface area contributed by atoms with E-state index in [1.807, 2.05) is 48.9 Å². The average Bonchev–Trinajstić information content (AvgIpc) is 3.09. The Labute approximate surface area is 243 Å². The highest BCUT2D eigenvalue weighted by atomic mass is 14.7. The number of nitrogens with zero attached hydrogens (tertiary/aromatic N) is 4. The van der Waals surface area contributed by atoms with Crippen molar-refractivity contribution in [1.82, 2.24) is 19.9 Å². The molecule has 0 saturated heterocycles. The van der Waals surface area contributed by atoms with Gasteiger partial charge in [-0.25, -0.2) is 4.98 Å². The molecule has 0 aliphatic heterocycles. The maximum absolute atomic E-state index is 4.99. The van der Waals surface area contributed by atoms with Crippen LogP contribution in [0, 0.1) is 0 Å². The Morgan fingerprint density at radius 1 is 0.333 bits per heavy atom. The van der Waals surface area contributed by atoms with Crippen molar-refractivity contribution in [2.75, 3.05) is 0 Å². The third-order valence-electron chi connectivity index (χ3n) is 7.89. The molecular formula is C38H24N4. The second-order valence-corrected chi connectivity index (χ2v) is 10.4. The van der Waals surface area contributed by atoms with E-state index in [0.29, 0.717) is 0 Å². The van der Waals surface area contributed by atoms with Crippen LogP contribution in [0.5, 0.6) is 0 Å². The molecule has 0 N–H and O–H groups in total. The molecule has 8 rings (SSSR count). The molecule has 0 aliphatic carbocycles. The predicted octanol–water partition coefficient (Wildman–Crippen LogP) is 9.39. The summed E-state index contributed by atoms with van der Waals surface area (Å²) in [6.07, 6.45) is 9.15. The number of pyridine rings is 4. The van der Waals surface area contributed by atoms with Crippen LogP contribution in [0.1, 0.15) is 0 Å². The molecule has 0 saturated carbocycles. The maximum atomic E-state index is 4.99. The number of fused-ring (bicyclic) bond motifs is 6. The van der Waals surface area contributed by atoms with Gasteiger partial charge in [0.25, 0.3) is 0 Å². The minimum atomic E-state index is 0.915. The lowest BCUT2D eigenvalue weighted by Gasteiger charge is -2.14. The molecule has 0 unspecified atom stereocenters. The SMILES string of the molecule is c1cncc(-c2cc(-c3ccc4c5ccc(-c6cccc(-c7cccnc7)n6)cc5c5ccccc5c4c3)ccn2)c1. The first kappa shape index (κ1) is 24.1. The van der Waals surface area contributed by atoms with Gasteiger partial charge in [-0.3, -0.25) is 15.0 Å². The summed E-state index contributed by atoms with van der Waals surface area (Å²) in [5, 5.41) is 7.39. The highest BCUT2D eigenvalue weighted by molar-refractivity contribution is 6.26. The molecule has 4 aromatic carbocycles. The molecule has 4 aromatic heterocycles. The van der Waals surface area contributed by atoms with E-state index in [9.17, 15) is 0 Å². The van der Waals surface area contributed by atoms with Crippen molar-refractivity contribution in [3.8, 4) is 44.9 Å². The minimum absolute atomic E-state index is 0.915. The molecule has 196 valence electrons. The lowest BCUT2D eigenvalue weighted by atomic mass is 9.91. The average molecular weight is 537 g/mol. The molecule has 0 bridgehead atoms.